The van der Waals surface area contributed by atoms with Gasteiger partial charge in [-0.2, -0.15) is 13.2 Å². The minimum Gasteiger partial charge on any atom is -0.462 e. The van der Waals surface area contributed by atoms with Gasteiger partial charge in [-0.15, -0.1) is 0 Å². The molecule has 0 radical (unpaired) electrons. The van der Waals surface area contributed by atoms with Crippen LogP contribution in [0.2, 0.25) is 0 Å². The van der Waals surface area contributed by atoms with Gasteiger partial charge in [0, 0.05) is 12.6 Å². The fraction of sp³-hybridized carbons (Fsp3) is 0.650. The van der Waals surface area contributed by atoms with Crippen molar-refractivity contribution < 1.29 is 17.9 Å². The molecule has 1 N–H and O–H groups in total. The first-order valence-corrected chi connectivity index (χ1v) is 9.74. The van der Waals surface area contributed by atoms with E-state index >= 15 is 0 Å². The number of nitrogens with one attached hydrogen (secondary N) is 1. The number of benzene rings is 1. The van der Waals surface area contributed by atoms with Crippen molar-refractivity contribution in [3.63, 3.8) is 0 Å². The van der Waals surface area contributed by atoms with Crippen molar-refractivity contribution in [2.75, 3.05) is 23.4 Å². The number of hydrogen-bond acceptors (Lipinski definition) is 4. The van der Waals surface area contributed by atoms with Gasteiger partial charge in [0.1, 0.15) is 6.61 Å². The summed E-state index contributed by atoms with van der Waals surface area (Å²) in [4.78, 5) is 6.07. The Bertz CT molecular complexity index is 654. The van der Waals surface area contributed by atoms with E-state index in [-0.39, 0.29) is 6.02 Å². The first kappa shape index (κ1) is 19.8. The van der Waals surface area contributed by atoms with Crippen LogP contribution >= 0.6 is 0 Å². The number of alkyl halides is 3. The van der Waals surface area contributed by atoms with Crippen LogP contribution in [0.3, 0.4) is 0 Å². The summed E-state index contributed by atoms with van der Waals surface area (Å²) in [6, 6.07) is 6.34. The Kier molecular flexibility index (Phi) is 6.17. The molecular formula is C20H28F3N3O. The van der Waals surface area contributed by atoms with Gasteiger partial charge in [0.05, 0.1) is 11.4 Å². The summed E-state index contributed by atoms with van der Waals surface area (Å²) in [5.41, 5.74) is 1.74. The Labute approximate surface area is 158 Å². The lowest BCUT2D eigenvalue weighted by Crippen LogP contribution is -2.39. The van der Waals surface area contributed by atoms with E-state index in [1.807, 2.05) is 24.3 Å². The second-order valence-electron chi connectivity index (χ2n) is 7.78. The Balaban J connectivity index is 1.83. The molecule has 0 amide bonds. The maximum Gasteiger partial charge on any atom is 0.414 e. The van der Waals surface area contributed by atoms with Gasteiger partial charge in [-0.25, -0.2) is 4.99 Å². The van der Waals surface area contributed by atoms with Crippen molar-refractivity contribution in [3.8, 4) is 0 Å². The standard InChI is InChI=1S/C20H28F3N3O/c1-14(2)12-26(15-8-4-3-5-9-15)17-11-7-6-10-16(17)24-19-25-18(13-27-19)20(21,22)23/h6-7,10-11,14-15,18H,3-5,8-9,12-13H2,1-2H3,(H,24,25)/t18-/m1/s1. The molecule has 0 spiro atoms. The molecule has 1 saturated carbocycles. The van der Waals surface area contributed by atoms with Gasteiger partial charge in [0.15, 0.2) is 6.04 Å². The lowest BCUT2D eigenvalue weighted by Gasteiger charge is -2.38. The minimum atomic E-state index is -4.38. The number of hydrogen-bond donors (Lipinski definition) is 1. The zero-order chi connectivity index (χ0) is 19.4. The van der Waals surface area contributed by atoms with Crippen LogP contribution in [0.4, 0.5) is 24.5 Å². The molecular weight excluding hydrogens is 355 g/mol. The third-order valence-electron chi connectivity index (χ3n) is 5.06. The zero-order valence-corrected chi connectivity index (χ0v) is 15.9. The summed E-state index contributed by atoms with van der Waals surface area (Å²) < 4.78 is 43.7. The fourth-order valence-electron chi connectivity index (χ4n) is 3.79. The highest BCUT2D eigenvalue weighted by Gasteiger charge is 2.43. The third-order valence-corrected chi connectivity index (χ3v) is 5.06. The van der Waals surface area contributed by atoms with E-state index in [2.05, 4.69) is 29.1 Å². The highest BCUT2D eigenvalue weighted by molar-refractivity contribution is 5.94. The quantitative estimate of drug-likeness (QED) is 0.758. The molecule has 4 nitrogen and oxygen atoms in total. The van der Waals surface area contributed by atoms with Crippen LogP contribution < -0.4 is 10.2 Å². The molecule has 150 valence electrons. The topological polar surface area (TPSA) is 36.9 Å². The molecule has 1 atom stereocenters. The predicted octanol–water partition coefficient (Wildman–Crippen LogP) is 5.21. The molecule has 1 heterocycles. The lowest BCUT2D eigenvalue weighted by atomic mass is 9.93. The van der Waals surface area contributed by atoms with E-state index in [4.69, 9.17) is 4.74 Å². The van der Waals surface area contributed by atoms with E-state index in [1.165, 1.54) is 19.3 Å². The van der Waals surface area contributed by atoms with Gasteiger partial charge >= 0.3 is 6.18 Å². The summed E-state index contributed by atoms with van der Waals surface area (Å²) >= 11 is 0. The number of halogens is 3. The van der Waals surface area contributed by atoms with E-state index in [0.717, 1.165) is 30.8 Å². The van der Waals surface area contributed by atoms with Crippen LogP contribution in [0.5, 0.6) is 0 Å². The Morgan fingerprint density at radius 3 is 2.52 bits per heavy atom. The van der Waals surface area contributed by atoms with Gasteiger partial charge in [-0.1, -0.05) is 45.2 Å². The second kappa shape index (κ2) is 8.40. The Hall–Kier alpha value is -1.92. The molecule has 7 heteroatoms. The summed E-state index contributed by atoms with van der Waals surface area (Å²) in [6.07, 6.45) is 1.63. The van der Waals surface area contributed by atoms with Crippen LogP contribution in [0.1, 0.15) is 46.0 Å². The average Bonchev–Trinajstić information content (AvgIpc) is 3.10. The molecule has 1 aliphatic heterocycles. The van der Waals surface area contributed by atoms with Gasteiger partial charge in [0.25, 0.3) is 6.02 Å². The van der Waals surface area contributed by atoms with Crippen molar-refractivity contribution >= 4 is 17.4 Å². The molecule has 0 bridgehead atoms. The first-order valence-electron chi connectivity index (χ1n) is 9.74. The van der Waals surface area contributed by atoms with E-state index in [1.54, 1.807) is 0 Å². The molecule has 3 rings (SSSR count). The second-order valence-corrected chi connectivity index (χ2v) is 7.78. The molecule has 2 aliphatic rings. The molecule has 0 aromatic heterocycles. The van der Waals surface area contributed by atoms with Gasteiger partial charge in [-0.3, -0.25) is 0 Å². The summed E-state index contributed by atoms with van der Waals surface area (Å²) in [6.45, 7) is 4.81. The van der Waals surface area contributed by atoms with E-state index in [9.17, 15) is 13.2 Å². The Morgan fingerprint density at radius 1 is 1.19 bits per heavy atom. The van der Waals surface area contributed by atoms with Crippen LogP contribution in [-0.4, -0.2) is 37.4 Å². The van der Waals surface area contributed by atoms with Crippen LogP contribution in [0, 0.1) is 5.92 Å². The number of rotatable bonds is 5. The SMILES string of the molecule is CC(C)CN(c1ccccc1NC1=N[C@@H](C(F)(F)F)CO1)C1CCCCC1. The number of para-hydroxylation sites is 2. The maximum absolute atomic E-state index is 12.8. The van der Waals surface area contributed by atoms with Crippen molar-refractivity contribution in [1.29, 1.82) is 0 Å². The smallest absolute Gasteiger partial charge is 0.414 e. The molecule has 1 aliphatic carbocycles. The molecule has 1 fully saturated rings. The van der Waals surface area contributed by atoms with E-state index < -0.39 is 18.8 Å². The maximum atomic E-state index is 12.8. The minimum absolute atomic E-state index is 0.0575. The summed E-state index contributed by atoms with van der Waals surface area (Å²) in [7, 11) is 0. The number of anilines is 2. The van der Waals surface area contributed by atoms with Gasteiger partial charge in [-0.05, 0) is 30.9 Å². The predicted molar refractivity (Wildman–Crippen MR) is 102 cm³/mol. The highest BCUT2D eigenvalue weighted by Crippen LogP contribution is 2.34. The van der Waals surface area contributed by atoms with Crippen molar-refractivity contribution in [2.24, 2.45) is 10.9 Å². The summed E-state index contributed by atoms with van der Waals surface area (Å²) in [5, 5.41) is 2.99. The molecule has 27 heavy (non-hydrogen) atoms. The number of amidine groups is 1. The number of aliphatic imine (C=N–C) groups is 1. The largest absolute Gasteiger partial charge is 0.462 e. The van der Waals surface area contributed by atoms with E-state index in [0.29, 0.717) is 12.0 Å². The van der Waals surface area contributed by atoms with Crippen LogP contribution in [-0.2, 0) is 4.74 Å². The molecule has 1 aromatic carbocycles. The van der Waals surface area contributed by atoms with Crippen molar-refractivity contribution in [1.82, 2.24) is 0 Å². The molecule has 0 unspecified atom stereocenters. The normalized spacial score (nSPS) is 21.1. The van der Waals surface area contributed by atoms with Gasteiger partial charge < -0.3 is 15.0 Å². The average molecular weight is 383 g/mol. The summed E-state index contributed by atoms with van der Waals surface area (Å²) in [5.74, 6) is 0.481. The van der Waals surface area contributed by atoms with Crippen LogP contribution in [0.15, 0.2) is 29.3 Å². The monoisotopic (exact) mass is 383 g/mol. The lowest BCUT2D eigenvalue weighted by molar-refractivity contribution is -0.149. The highest BCUT2D eigenvalue weighted by atomic mass is 19.4. The fourth-order valence-corrected chi connectivity index (χ4v) is 3.79. The Morgan fingerprint density at radius 2 is 1.89 bits per heavy atom. The number of nitrogens with zero attached hydrogens (tertiary/aromatic N) is 2. The first-order chi connectivity index (χ1) is 12.8. The number of ether oxygens (including phenoxy) is 1. The van der Waals surface area contributed by atoms with Crippen molar-refractivity contribution in [2.45, 2.75) is 64.2 Å². The van der Waals surface area contributed by atoms with Crippen LogP contribution in [0.25, 0.3) is 0 Å². The zero-order valence-electron chi connectivity index (χ0n) is 15.9. The third kappa shape index (κ3) is 5.08. The molecule has 1 aromatic rings. The van der Waals surface area contributed by atoms with Crippen molar-refractivity contribution in [3.05, 3.63) is 24.3 Å². The molecule has 0 saturated heterocycles. The van der Waals surface area contributed by atoms with Gasteiger partial charge in [0.2, 0.25) is 0 Å².